The first kappa shape index (κ1) is 35.1. The summed E-state index contributed by atoms with van der Waals surface area (Å²) in [4.78, 5) is 30.2. The maximum Gasteiger partial charge on any atom is 0.264 e. The van der Waals surface area contributed by atoms with E-state index in [2.05, 4.69) is 5.32 Å². The molecule has 0 heterocycles. The number of sulfonamides is 1. The van der Waals surface area contributed by atoms with Gasteiger partial charge in [-0.25, -0.2) is 12.8 Å². The lowest BCUT2D eigenvalue weighted by Crippen LogP contribution is -2.55. The second-order valence-corrected chi connectivity index (χ2v) is 14.7. The Morgan fingerprint density at radius 1 is 0.896 bits per heavy atom. The van der Waals surface area contributed by atoms with Crippen LogP contribution < -0.4 is 9.62 Å². The van der Waals surface area contributed by atoms with Crippen molar-refractivity contribution in [3.8, 4) is 0 Å². The zero-order valence-electron chi connectivity index (χ0n) is 27.2. The van der Waals surface area contributed by atoms with Gasteiger partial charge in [-0.05, 0) is 68.1 Å². The first-order valence-corrected chi connectivity index (χ1v) is 18.1. The molecule has 0 unspecified atom stereocenters. The van der Waals surface area contributed by atoms with Crippen LogP contribution in [0.15, 0.2) is 102 Å². The van der Waals surface area contributed by atoms with Gasteiger partial charge in [0.2, 0.25) is 11.8 Å². The number of anilines is 1. The fourth-order valence-corrected chi connectivity index (χ4v) is 7.75. The van der Waals surface area contributed by atoms with E-state index in [9.17, 15) is 18.0 Å². The molecule has 0 bridgehead atoms. The van der Waals surface area contributed by atoms with Crippen LogP contribution in [0, 0.1) is 19.7 Å². The molecule has 0 spiro atoms. The third-order valence-electron chi connectivity index (χ3n) is 8.85. The van der Waals surface area contributed by atoms with E-state index in [4.69, 9.17) is 11.6 Å². The standard InChI is InChI=1S/C38H41ClFN3O4S/c1-27-17-21-33(22-18-27)48(46,47)43(35-24-31(39)20-19-28(35)2)26-37(44)42(25-30-13-9-10-16-34(30)40)36(23-29-11-5-3-6-12-29)38(45)41-32-14-7-4-8-15-32/h3,5-6,9-13,16-22,24,32,36H,4,7-8,14-15,23,25-26H2,1-2H3,(H,41,45)/t36-/m1/s1. The zero-order chi connectivity index (χ0) is 34.3. The summed E-state index contributed by atoms with van der Waals surface area (Å²) in [5, 5.41) is 3.46. The van der Waals surface area contributed by atoms with Gasteiger partial charge >= 0.3 is 0 Å². The molecule has 10 heteroatoms. The Labute approximate surface area is 287 Å². The van der Waals surface area contributed by atoms with E-state index >= 15 is 4.39 Å². The molecule has 4 aromatic carbocycles. The van der Waals surface area contributed by atoms with Gasteiger partial charge in [0, 0.05) is 29.6 Å². The predicted molar refractivity (Wildman–Crippen MR) is 188 cm³/mol. The van der Waals surface area contributed by atoms with Crippen molar-refractivity contribution in [1.82, 2.24) is 10.2 Å². The molecule has 5 rings (SSSR count). The Hall–Kier alpha value is -4.21. The molecule has 0 radical (unpaired) electrons. The number of aryl methyl sites for hydroxylation is 2. The van der Waals surface area contributed by atoms with Crippen molar-refractivity contribution in [2.24, 2.45) is 0 Å². The molecule has 0 aliphatic heterocycles. The molecule has 252 valence electrons. The molecular formula is C38H41ClFN3O4S. The lowest BCUT2D eigenvalue weighted by Gasteiger charge is -2.35. The molecule has 1 aliphatic carbocycles. The van der Waals surface area contributed by atoms with Crippen LogP contribution >= 0.6 is 11.6 Å². The zero-order valence-corrected chi connectivity index (χ0v) is 28.8. The van der Waals surface area contributed by atoms with Gasteiger partial charge in [-0.3, -0.25) is 13.9 Å². The van der Waals surface area contributed by atoms with Gasteiger partial charge in [0.25, 0.3) is 10.0 Å². The van der Waals surface area contributed by atoms with Crippen molar-refractivity contribution in [1.29, 1.82) is 0 Å². The predicted octanol–water partition coefficient (Wildman–Crippen LogP) is 7.38. The third kappa shape index (κ3) is 8.62. The van der Waals surface area contributed by atoms with Gasteiger partial charge in [-0.15, -0.1) is 0 Å². The quantitative estimate of drug-likeness (QED) is 0.168. The fourth-order valence-electron chi connectivity index (χ4n) is 6.11. The molecule has 1 fully saturated rings. The van der Waals surface area contributed by atoms with Crippen LogP contribution in [0.4, 0.5) is 10.1 Å². The normalized spacial score (nSPS) is 14.2. The number of hydrogen-bond acceptors (Lipinski definition) is 4. The molecule has 1 saturated carbocycles. The minimum Gasteiger partial charge on any atom is -0.352 e. The summed E-state index contributed by atoms with van der Waals surface area (Å²) >= 11 is 6.37. The number of hydrogen-bond donors (Lipinski definition) is 1. The average Bonchev–Trinajstić information content (AvgIpc) is 3.08. The Balaban J connectivity index is 1.59. The highest BCUT2D eigenvalue weighted by atomic mass is 35.5. The maximum atomic E-state index is 15.2. The molecule has 1 atom stereocenters. The van der Waals surface area contributed by atoms with Gasteiger partial charge < -0.3 is 10.2 Å². The topological polar surface area (TPSA) is 86.8 Å². The minimum atomic E-state index is -4.29. The number of halogens is 2. The third-order valence-corrected chi connectivity index (χ3v) is 10.9. The van der Waals surface area contributed by atoms with Gasteiger partial charge in [0.15, 0.2) is 0 Å². The van der Waals surface area contributed by atoms with Crippen molar-refractivity contribution < 1.29 is 22.4 Å². The molecule has 4 aromatic rings. The van der Waals surface area contributed by atoms with Crippen molar-refractivity contribution >= 4 is 39.1 Å². The highest BCUT2D eigenvalue weighted by Gasteiger charge is 2.36. The smallest absolute Gasteiger partial charge is 0.264 e. The second kappa shape index (κ2) is 15.8. The molecule has 2 amide bonds. The second-order valence-electron chi connectivity index (χ2n) is 12.4. The van der Waals surface area contributed by atoms with Crippen LogP contribution in [0.2, 0.25) is 5.02 Å². The van der Waals surface area contributed by atoms with E-state index in [0.29, 0.717) is 10.6 Å². The van der Waals surface area contributed by atoms with E-state index < -0.39 is 34.3 Å². The summed E-state index contributed by atoms with van der Waals surface area (Å²) < 4.78 is 44.8. The average molecular weight is 690 g/mol. The molecule has 7 nitrogen and oxygen atoms in total. The SMILES string of the molecule is Cc1ccc(S(=O)(=O)N(CC(=O)N(Cc2ccccc2F)[C@H](Cc2ccccc2)C(=O)NC2CCCCC2)c2cc(Cl)ccc2C)cc1. The van der Waals surface area contributed by atoms with E-state index in [1.54, 1.807) is 49.4 Å². The Morgan fingerprint density at radius 3 is 2.25 bits per heavy atom. The van der Waals surface area contributed by atoms with Crippen molar-refractivity contribution in [3.63, 3.8) is 0 Å². The molecule has 1 aliphatic rings. The van der Waals surface area contributed by atoms with Crippen LogP contribution in [-0.2, 0) is 32.6 Å². The van der Waals surface area contributed by atoms with Crippen molar-refractivity contribution in [3.05, 3.63) is 130 Å². The van der Waals surface area contributed by atoms with E-state index in [-0.39, 0.29) is 41.1 Å². The lowest BCUT2D eigenvalue weighted by molar-refractivity contribution is -0.140. The summed E-state index contributed by atoms with van der Waals surface area (Å²) in [6, 6.07) is 25.5. The summed E-state index contributed by atoms with van der Waals surface area (Å²) in [7, 11) is -4.29. The Kier molecular flexibility index (Phi) is 11.5. The van der Waals surface area contributed by atoms with Crippen LogP contribution in [-0.4, -0.2) is 43.8 Å². The molecule has 0 saturated heterocycles. The summed E-state index contributed by atoms with van der Waals surface area (Å²) in [5.74, 6) is -1.55. The molecule has 48 heavy (non-hydrogen) atoms. The largest absolute Gasteiger partial charge is 0.352 e. The van der Waals surface area contributed by atoms with Gasteiger partial charge in [-0.2, -0.15) is 0 Å². The van der Waals surface area contributed by atoms with E-state index in [0.717, 1.165) is 47.5 Å². The fraction of sp³-hybridized carbons (Fsp3) is 0.316. The van der Waals surface area contributed by atoms with Crippen LogP contribution in [0.1, 0.15) is 54.4 Å². The monoisotopic (exact) mass is 689 g/mol. The van der Waals surface area contributed by atoms with E-state index in [1.807, 2.05) is 37.3 Å². The summed E-state index contributed by atoms with van der Waals surface area (Å²) in [6.45, 7) is 2.70. The number of amides is 2. The maximum absolute atomic E-state index is 15.2. The van der Waals surface area contributed by atoms with Crippen molar-refractivity contribution in [2.75, 3.05) is 10.8 Å². The van der Waals surface area contributed by atoms with Gasteiger partial charge in [0.05, 0.1) is 10.6 Å². The van der Waals surface area contributed by atoms with Crippen LogP contribution in [0.5, 0.6) is 0 Å². The highest BCUT2D eigenvalue weighted by molar-refractivity contribution is 7.92. The van der Waals surface area contributed by atoms with Crippen molar-refractivity contribution in [2.45, 2.75) is 75.9 Å². The number of nitrogens with one attached hydrogen (secondary N) is 1. The summed E-state index contributed by atoms with van der Waals surface area (Å²) in [5.41, 5.74) is 2.70. The number of nitrogens with zero attached hydrogens (tertiary/aromatic N) is 2. The molecule has 0 aromatic heterocycles. The number of carbonyl (C=O) groups excluding carboxylic acids is 2. The number of benzene rings is 4. The Morgan fingerprint density at radius 2 is 1.56 bits per heavy atom. The first-order chi connectivity index (χ1) is 23.0. The first-order valence-electron chi connectivity index (χ1n) is 16.3. The Bertz CT molecular complexity index is 1830. The van der Waals surface area contributed by atoms with E-state index in [1.165, 1.54) is 29.2 Å². The number of rotatable bonds is 12. The van der Waals surface area contributed by atoms with Gasteiger partial charge in [-0.1, -0.05) is 103 Å². The lowest BCUT2D eigenvalue weighted by atomic mass is 9.94. The minimum absolute atomic E-state index is 0.00296. The van der Waals surface area contributed by atoms with Gasteiger partial charge in [0.1, 0.15) is 18.4 Å². The number of carbonyl (C=O) groups is 2. The highest BCUT2D eigenvalue weighted by Crippen LogP contribution is 2.30. The van der Waals surface area contributed by atoms with Crippen LogP contribution in [0.25, 0.3) is 0 Å². The van der Waals surface area contributed by atoms with Crippen LogP contribution in [0.3, 0.4) is 0 Å². The molecular weight excluding hydrogens is 649 g/mol. The molecule has 1 N–H and O–H groups in total. The summed E-state index contributed by atoms with van der Waals surface area (Å²) in [6.07, 6.45) is 4.92.